The summed E-state index contributed by atoms with van der Waals surface area (Å²) < 4.78 is 11.0. The van der Waals surface area contributed by atoms with Crippen molar-refractivity contribution in [1.29, 1.82) is 0 Å². The maximum absolute atomic E-state index is 6.31. The van der Waals surface area contributed by atoms with Gasteiger partial charge in [-0.15, -0.1) is 0 Å². The van der Waals surface area contributed by atoms with E-state index < -0.39 is 0 Å². The number of fused-ring (bicyclic) bond motifs is 10. The molecule has 1 aliphatic rings. The Morgan fingerprint density at radius 1 is 0.447 bits per heavy atom. The fraction of sp³-hybridized carbons (Fsp3) is 0. The van der Waals surface area contributed by atoms with Crippen LogP contribution in [0.3, 0.4) is 0 Å². The van der Waals surface area contributed by atoms with Crippen molar-refractivity contribution in [3.05, 3.63) is 146 Å². The smallest absolute Gasteiger partial charge is 0.235 e. The Kier molecular flexibility index (Phi) is 4.78. The third-order valence-corrected chi connectivity index (χ3v) is 9.71. The second-order valence-electron chi connectivity index (χ2n) is 12.2. The molecule has 11 rings (SSSR count). The van der Waals surface area contributed by atoms with Crippen LogP contribution in [0.15, 0.2) is 146 Å². The van der Waals surface area contributed by atoms with Crippen LogP contribution in [0.2, 0.25) is 0 Å². The second kappa shape index (κ2) is 9.05. The third-order valence-electron chi connectivity index (χ3n) is 9.71. The molecule has 0 saturated carbocycles. The van der Waals surface area contributed by atoms with Crippen molar-refractivity contribution < 1.29 is 4.74 Å². The molecule has 47 heavy (non-hydrogen) atoms. The minimum Gasteiger partial charge on any atom is -0.456 e. The first-order chi connectivity index (χ1) is 23.3. The van der Waals surface area contributed by atoms with Crippen LogP contribution in [0.25, 0.3) is 88.2 Å². The monoisotopic (exact) mass is 600 g/mol. The molecule has 5 heteroatoms. The summed E-state index contributed by atoms with van der Waals surface area (Å²) in [6, 6.07) is 51.2. The van der Waals surface area contributed by atoms with Crippen LogP contribution in [-0.2, 0) is 0 Å². The van der Waals surface area contributed by atoms with E-state index >= 15 is 0 Å². The fourth-order valence-corrected chi connectivity index (χ4v) is 7.77. The molecule has 0 fully saturated rings. The molecule has 0 N–H and O–H groups in total. The molecule has 3 aromatic heterocycles. The molecule has 4 heterocycles. The molecule has 0 atom stereocenters. The van der Waals surface area contributed by atoms with Gasteiger partial charge in [-0.3, -0.25) is 4.57 Å². The maximum atomic E-state index is 6.31. The van der Waals surface area contributed by atoms with Crippen molar-refractivity contribution >= 4 is 65.3 Å². The summed E-state index contributed by atoms with van der Waals surface area (Å²) in [5, 5.41) is 8.07. The molecule has 7 aromatic carbocycles. The van der Waals surface area contributed by atoms with Gasteiger partial charge in [-0.2, -0.15) is 0 Å². The van der Waals surface area contributed by atoms with E-state index in [0.29, 0.717) is 5.95 Å². The Balaban J connectivity index is 1.33. The zero-order valence-corrected chi connectivity index (χ0v) is 25.1. The number of nitrogens with zero attached hydrogens (tertiary/aromatic N) is 4. The molecule has 1 aliphatic heterocycles. The van der Waals surface area contributed by atoms with E-state index in [0.717, 1.165) is 61.4 Å². The van der Waals surface area contributed by atoms with E-state index in [1.165, 1.54) is 32.3 Å². The van der Waals surface area contributed by atoms with E-state index in [1.807, 2.05) is 30.3 Å². The summed E-state index contributed by atoms with van der Waals surface area (Å²) in [5.41, 5.74) is 8.34. The van der Waals surface area contributed by atoms with Gasteiger partial charge in [0.05, 0.1) is 44.4 Å². The van der Waals surface area contributed by atoms with Gasteiger partial charge in [0.2, 0.25) is 5.95 Å². The second-order valence-corrected chi connectivity index (χ2v) is 12.2. The van der Waals surface area contributed by atoms with Crippen molar-refractivity contribution in [3.8, 4) is 34.4 Å². The van der Waals surface area contributed by atoms with Gasteiger partial charge in [0.1, 0.15) is 11.5 Å². The van der Waals surface area contributed by atoms with Crippen LogP contribution in [0.5, 0.6) is 11.5 Å². The molecule has 0 spiro atoms. The van der Waals surface area contributed by atoms with Crippen molar-refractivity contribution in [2.75, 3.05) is 0 Å². The largest absolute Gasteiger partial charge is 0.456 e. The highest BCUT2D eigenvalue weighted by Crippen LogP contribution is 2.47. The van der Waals surface area contributed by atoms with Gasteiger partial charge in [-0.05, 0) is 53.9 Å². The number of hydrogen-bond donors (Lipinski definition) is 0. The molecule has 0 aliphatic carbocycles. The van der Waals surface area contributed by atoms with Crippen LogP contribution in [0.4, 0.5) is 0 Å². The van der Waals surface area contributed by atoms with Gasteiger partial charge in [-0.1, -0.05) is 97.1 Å². The normalized spacial score (nSPS) is 12.4. The molecule has 0 radical (unpaired) electrons. The van der Waals surface area contributed by atoms with Crippen LogP contribution in [0.1, 0.15) is 0 Å². The van der Waals surface area contributed by atoms with Gasteiger partial charge < -0.3 is 9.30 Å². The topological polar surface area (TPSA) is 44.9 Å². The molecular formula is C42H24N4O. The van der Waals surface area contributed by atoms with Crippen LogP contribution < -0.4 is 4.74 Å². The van der Waals surface area contributed by atoms with Crippen molar-refractivity contribution in [2.45, 2.75) is 0 Å². The van der Waals surface area contributed by atoms with E-state index in [2.05, 4.69) is 124 Å². The van der Waals surface area contributed by atoms with Gasteiger partial charge >= 0.3 is 0 Å². The van der Waals surface area contributed by atoms with Crippen LogP contribution in [-0.4, -0.2) is 19.1 Å². The van der Waals surface area contributed by atoms with Gasteiger partial charge in [-0.25, -0.2) is 9.97 Å². The van der Waals surface area contributed by atoms with E-state index in [4.69, 9.17) is 14.7 Å². The summed E-state index contributed by atoms with van der Waals surface area (Å²) in [6.45, 7) is 0. The Morgan fingerprint density at radius 3 is 2.06 bits per heavy atom. The third kappa shape index (κ3) is 3.27. The number of para-hydroxylation sites is 3. The lowest BCUT2D eigenvalue weighted by molar-refractivity contribution is 0.486. The summed E-state index contributed by atoms with van der Waals surface area (Å²) in [5.74, 6) is 2.23. The highest BCUT2D eigenvalue weighted by Gasteiger charge is 2.26. The summed E-state index contributed by atoms with van der Waals surface area (Å²) in [6.07, 6.45) is 0. The zero-order chi connectivity index (χ0) is 30.6. The number of benzene rings is 7. The minimum atomic E-state index is 0.641. The molecule has 10 aromatic rings. The van der Waals surface area contributed by atoms with E-state index in [9.17, 15) is 0 Å². The summed E-state index contributed by atoms with van der Waals surface area (Å²) >= 11 is 0. The van der Waals surface area contributed by atoms with Gasteiger partial charge in [0.15, 0.2) is 0 Å². The van der Waals surface area contributed by atoms with Crippen LogP contribution >= 0.6 is 0 Å². The average Bonchev–Trinajstić information content (AvgIpc) is 3.64. The number of hydrogen-bond acceptors (Lipinski definition) is 3. The Bertz CT molecular complexity index is 2940. The maximum Gasteiger partial charge on any atom is 0.235 e. The molecule has 0 saturated heterocycles. The predicted molar refractivity (Wildman–Crippen MR) is 191 cm³/mol. The first-order valence-electron chi connectivity index (χ1n) is 15.9. The molecule has 0 amide bonds. The Morgan fingerprint density at radius 2 is 1.15 bits per heavy atom. The molecule has 0 unspecified atom stereocenters. The van der Waals surface area contributed by atoms with E-state index in [1.54, 1.807) is 0 Å². The summed E-state index contributed by atoms with van der Waals surface area (Å²) in [4.78, 5) is 10.6. The molecule has 5 nitrogen and oxygen atoms in total. The highest BCUT2D eigenvalue weighted by molar-refractivity contribution is 6.26. The van der Waals surface area contributed by atoms with Crippen molar-refractivity contribution in [3.63, 3.8) is 0 Å². The van der Waals surface area contributed by atoms with E-state index in [-0.39, 0.29) is 0 Å². The number of aromatic nitrogens is 4. The lowest BCUT2D eigenvalue weighted by atomic mass is 10.0. The molecule has 218 valence electrons. The SMILES string of the molecule is c1ccc2c(c1)Oc1cccc3nc(-n4c5ccccc5c5ccc6c(c7ccccc7n6-c6cccc7ccccc67)c54)nc-2c13. The zero-order valence-electron chi connectivity index (χ0n) is 25.1. The minimum absolute atomic E-state index is 0.641. The number of rotatable bonds is 2. The Hall–Kier alpha value is -6.46. The van der Waals surface area contributed by atoms with Crippen LogP contribution in [0, 0.1) is 0 Å². The lowest BCUT2D eigenvalue weighted by Gasteiger charge is -2.21. The lowest BCUT2D eigenvalue weighted by Crippen LogP contribution is -2.06. The Labute approximate surface area is 268 Å². The quantitative estimate of drug-likeness (QED) is 0.198. The van der Waals surface area contributed by atoms with Crippen molar-refractivity contribution in [2.24, 2.45) is 0 Å². The summed E-state index contributed by atoms with van der Waals surface area (Å²) in [7, 11) is 0. The first-order valence-corrected chi connectivity index (χ1v) is 15.9. The predicted octanol–water partition coefficient (Wildman–Crippen LogP) is 10.7. The highest BCUT2D eigenvalue weighted by atomic mass is 16.5. The standard InChI is InChI=1S/C42H24N4O/c1-2-13-26-25(11-1)12-9-20-32(26)45-34-19-7-4-15-29(34)38-35(45)24-23-28-27-14-3-6-18-33(27)46(41(28)38)42-43-31-17-10-22-37-39(31)40(44-42)30-16-5-8-21-36(30)47-37/h1-24H. The fourth-order valence-electron chi connectivity index (χ4n) is 7.77. The average molecular weight is 601 g/mol. The molecular weight excluding hydrogens is 576 g/mol. The first kappa shape index (κ1) is 24.8. The van der Waals surface area contributed by atoms with Crippen molar-refractivity contribution in [1.82, 2.24) is 19.1 Å². The molecule has 0 bridgehead atoms. The van der Waals surface area contributed by atoms with Gasteiger partial charge in [0.25, 0.3) is 0 Å². The number of ether oxygens (including phenoxy) is 1. The van der Waals surface area contributed by atoms with Gasteiger partial charge in [0, 0.05) is 32.5 Å².